The molecule has 3 aromatic rings. The SMILES string of the molecule is Cc1cccc(N2CCN(C(=O)CCn3nc(C)c4c(C)onc4c3=O)C[C@H]2C)c1. The minimum Gasteiger partial charge on any atom is -0.365 e. The van der Waals surface area contributed by atoms with E-state index in [1.807, 2.05) is 11.8 Å². The van der Waals surface area contributed by atoms with Gasteiger partial charge >= 0.3 is 0 Å². The highest BCUT2D eigenvalue weighted by Crippen LogP contribution is 2.22. The average molecular weight is 409 g/mol. The predicted molar refractivity (Wildman–Crippen MR) is 115 cm³/mol. The Morgan fingerprint density at radius 2 is 2.03 bits per heavy atom. The van der Waals surface area contributed by atoms with Gasteiger partial charge in [-0.1, -0.05) is 17.3 Å². The third-order valence-corrected chi connectivity index (χ3v) is 5.78. The summed E-state index contributed by atoms with van der Waals surface area (Å²) >= 11 is 0. The molecule has 30 heavy (non-hydrogen) atoms. The quantitative estimate of drug-likeness (QED) is 0.658. The van der Waals surface area contributed by atoms with Crippen LogP contribution in [-0.2, 0) is 11.3 Å². The van der Waals surface area contributed by atoms with Crippen LogP contribution < -0.4 is 10.5 Å². The van der Waals surface area contributed by atoms with E-state index >= 15 is 0 Å². The van der Waals surface area contributed by atoms with Crippen molar-refractivity contribution in [1.82, 2.24) is 19.8 Å². The van der Waals surface area contributed by atoms with E-state index in [9.17, 15) is 9.59 Å². The van der Waals surface area contributed by atoms with E-state index in [-0.39, 0.29) is 36.0 Å². The lowest BCUT2D eigenvalue weighted by molar-refractivity contribution is -0.132. The van der Waals surface area contributed by atoms with Crippen LogP contribution in [-0.4, -0.2) is 51.4 Å². The van der Waals surface area contributed by atoms with E-state index in [1.54, 1.807) is 6.92 Å². The third kappa shape index (κ3) is 3.69. The second-order valence-corrected chi connectivity index (χ2v) is 8.05. The average Bonchev–Trinajstić information content (AvgIpc) is 3.11. The summed E-state index contributed by atoms with van der Waals surface area (Å²) in [6.45, 7) is 10.1. The maximum Gasteiger partial charge on any atom is 0.296 e. The minimum atomic E-state index is -0.321. The molecule has 1 aliphatic rings. The fraction of sp³-hybridized carbons (Fsp3) is 0.455. The van der Waals surface area contributed by atoms with Crippen molar-refractivity contribution in [1.29, 1.82) is 0 Å². The summed E-state index contributed by atoms with van der Waals surface area (Å²) in [5.74, 6) is 0.615. The van der Waals surface area contributed by atoms with Crippen LogP contribution in [0.1, 0.15) is 30.4 Å². The van der Waals surface area contributed by atoms with E-state index in [0.29, 0.717) is 29.9 Å². The van der Waals surface area contributed by atoms with Crippen molar-refractivity contribution in [3.05, 3.63) is 51.6 Å². The first kappa shape index (κ1) is 20.1. The molecule has 0 N–H and O–H groups in total. The van der Waals surface area contributed by atoms with Gasteiger partial charge in [0.1, 0.15) is 5.76 Å². The molecule has 0 aliphatic carbocycles. The lowest BCUT2D eigenvalue weighted by Crippen LogP contribution is -2.54. The van der Waals surface area contributed by atoms with Crippen LogP contribution in [0.15, 0.2) is 33.6 Å². The van der Waals surface area contributed by atoms with E-state index in [4.69, 9.17) is 4.52 Å². The van der Waals surface area contributed by atoms with Crippen molar-refractivity contribution in [2.45, 2.75) is 46.7 Å². The Morgan fingerprint density at radius 1 is 1.23 bits per heavy atom. The second-order valence-electron chi connectivity index (χ2n) is 8.05. The lowest BCUT2D eigenvalue weighted by atomic mass is 10.1. The van der Waals surface area contributed by atoms with Crippen molar-refractivity contribution in [3.63, 3.8) is 0 Å². The number of fused-ring (bicyclic) bond motifs is 1. The maximum absolute atomic E-state index is 12.8. The van der Waals surface area contributed by atoms with Crippen molar-refractivity contribution in [3.8, 4) is 0 Å². The number of carbonyl (C=O) groups excluding carboxylic acids is 1. The number of nitrogens with zero attached hydrogens (tertiary/aromatic N) is 5. The number of aromatic nitrogens is 3. The fourth-order valence-electron chi connectivity index (χ4n) is 4.23. The van der Waals surface area contributed by atoms with Crippen LogP contribution in [0.2, 0.25) is 0 Å². The zero-order valence-electron chi connectivity index (χ0n) is 17.9. The Bertz CT molecular complexity index is 1150. The number of hydrogen-bond donors (Lipinski definition) is 0. The number of amides is 1. The van der Waals surface area contributed by atoms with E-state index in [0.717, 1.165) is 6.54 Å². The molecule has 1 aliphatic heterocycles. The van der Waals surface area contributed by atoms with Crippen LogP contribution in [0.4, 0.5) is 5.69 Å². The van der Waals surface area contributed by atoms with Gasteiger partial charge in [0.15, 0.2) is 5.52 Å². The molecule has 2 aromatic heterocycles. The van der Waals surface area contributed by atoms with Gasteiger partial charge in [-0.05, 0) is 45.4 Å². The van der Waals surface area contributed by atoms with Gasteiger partial charge in [-0.2, -0.15) is 5.10 Å². The maximum atomic E-state index is 12.8. The number of rotatable bonds is 4. The molecule has 1 amide bonds. The van der Waals surface area contributed by atoms with Gasteiger partial charge in [0, 0.05) is 37.8 Å². The minimum absolute atomic E-state index is 0.0357. The number of hydrogen-bond acceptors (Lipinski definition) is 6. The number of aryl methyl sites for hydroxylation is 4. The molecular formula is C22H27N5O3. The van der Waals surface area contributed by atoms with Crippen LogP contribution >= 0.6 is 0 Å². The topological polar surface area (TPSA) is 84.5 Å². The molecular weight excluding hydrogens is 382 g/mol. The second kappa shape index (κ2) is 7.93. The zero-order valence-corrected chi connectivity index (χ0v) is 17.9. The first-order valence-corrected chi connectivity index (χ1v) is 10.3. The Hall–Kier alpha value is -3.16. The molecule has 0 saturated carbocycles. The molecule has 1 fully saturated rings. The molecule has 3 heterocycles. The highest BCUT2D eigenvalue weighted by atomic mass is 16.5. The van der Waals surface area contributed by atoms with Crippen molar-refractivity contribution < 1.29 is 9.32 Å². The van der Waals surface area contributed by atoms with Crippen LogP contribution in [0, 0.1) is 20.8 Å². The summed E-state index contributed by atoms with van der Waals surface area (Å²) in [4.78, 5) is 29.6. The van der Waals surface area contributed by atoms with Crippen LogP contribution in [0.5, 0.6) is 0 Å². The van der Waals surface area contributed by atoms with Crippen LogP contribution in [0.25, 0.3) is 10.9 Å². The molecule has 1 atom stereocenters. The molecule has 0 radical (unpaired) electrons. The van der Waals surface area contributed by atoms with Crippen molar-refractivity contribution in [2.75, 3.05) is 24.5 Å². The predicted octanol–water partition coefficient (Wildman–Crippen LogP) is 2.44. The highest BCUT2D eigenvalue weighted by Gasteiger charge is 2.27. The van der Waals surface area contributed by atoms with Crippen molar-refractivity contribution >= 4 is 22.5 Å². The number of anilines is 1. The Balaban J connectivity index is 1.41. The summed E-state index contributed by atoms with van der Waals surface area (Å²) in [5.41, 5.74) is 3.05. The summed E-state index contributed by atoms with van der Waals surface area (Å²) in [7, 11) is 0. The smallest absolute Gasteiger partial charge is 0.296 e. The number of piperazine rings is 1. The Morgan fingerprint density at radius 3 is 2.77 bits per heavy atom. The normalized spacial score (nSPS) is 17.0. The van der Waals surface area contributed by atoms with Gasteiger partial charge in [-0.3, -0.25) is 9.59 Å². The molecule has 0 bridgehead atoms. The molecule has 1 saturated heterocycles. The van der Waals surface area contributed by atoms with E-state index < -0.39 is 0 Å². The lowest BCUT2D eigenvalue weighted by Gasteiger charge is -2.41. The largest absolute Gasteiger partial charge is 0.365 e. The molecule has 8 heteroatoms. The van der Waals surface area contributed by atoms with Gasteiger partial charge in [0.05, 0.1) is 17.6 Å². The summed E-state index contributed by atoms with van der Waals surface area (Å²) in [6, 6.07) is 8.67. The Labute approximate surface area is 175 Å². The van der Waals surface area contributed by atoms with Gasteiger partial charge in [0.25, 0.3) is 5.56 Å². The van der Waals surface area contributed by atoms with Crippen LogP contribution in [0.3, 0.4) is 0 Å². The summed E-state index contributed by atoms with van der Waals surface area (Å²) in [6.07, 6.45) is 0.228. The molecule has 0 spiro atoms. The van der Waals surface area contributed by atoms with Gasteiger partial charge in [0.2, 0.25) is 5.91 Å². The summed E-state index contributed by atoms with van der Waals surface area (Å²) in [5, 5.41) is 8.87. The molecule has 1 aromatic carbocycles. The Kier molecular flexibility index (Phi) is 5.32. The summed E-state index contributed by atoms with van der Waals surface area (Å²) < 4.78 is 6.46. The monoisotopic (exact) mass is 409 g/mol. The zero-order chi connectivity index (χ0) is 21.4. The first-order chi connectivity index (χ1) is 14.3. The molecule has 8 nitrogen and oxygen atoms in total. The number of benzene rings is 1. The van der Waals surface area contributed by atoms with Gasteiger partial charge in [-0.15, -0.1) is 0 Å². The highest BCUT2D eigenvalue weighted by molar-refractivity contribution is 5.81. The fourth-order valence-corrected chi connectivity index (χ4v) is 4.23. The standard InChI is InChI=1S/C22H27N5O3/c1-14-6-5-7-18(12-14)26-11-10-25(13-15(26)2)19(28)8-9-27-22(29)21-20(16(3)23-27)17(4)30-24-21/h5-7,12,15H,8-11,13H2,1-4H3/t15-/m1/s1. The third-order valence-electron chi connectivity index (χ3n) is 5.78. The van der Waals surface area contributed by atoms with E-state index in [2.05, 4.69) is 53.3 Å². The van der Waals surface area contributed by atoms with E-state index in [1.165, 1.54) is 15.9 Å². The number of carbonyl (C=O) groups is 1. The van der Waals surface area contributed by atoms with Crippen molar-refractivity contribution in [2.24, 2.45) is 0 Å². The molecule has 4 rings (SSSR count). The first-order valence-electron chi connectivity index (χ1n) is 10.3. The van der Waals surface area contributed by atoms with Gasteiger partial charge < -0.3 is 14.3 Å². The molecule has 158 valence electrons. The van der Waals surface area contributed by atoms with Gasteiger partial charge in [-0.25, -0.2) is 4.68 Å². The molecule has 0 unspecified atom stereocenters.